The zero-order chi connectivity index (χ0) is 22.6. The third-order valence-corrected chi connectivity index (χ3v) is 8.88. The van der Waals surface area contributed by atoms with Gasteiger partial charge in [-0.05, 0) is 37.3 Å². The summed E-state index contributed by atoms with van der Waals surface area (Å²) in [4.78, 5) is 28.9. The minimum atomic E-state index is -3.70. The van der Waals surface area contributed by atoms with E-state index in [2.05, 4.69) is 0 Å². The van der Waals surface area contributed by atoms with Crippen molar-refractivity contribution in [2.75, 3.05) is 39.3 Å². The van der Waals surface area contributed by atoms with E-state index < -0.39 is 10.0 Å². The summed E-state index contributed by atoms with van der Waals surface area (Å²) in [6.07, 6.45) is 10.7. The molecular formula is C23H35N3O5S. The third-order valence-electron chi connectivity index (χ3n) is 7.11. The molecule has 0 radical (unpaired) electrons. The number of piperidine rings is 1. The van der Waals surface area contributed by atoms with Gasteiger partial charge in [-0.3, -0.25) is 9.59 Å². The fourth-order valence-electron chi connectivity index (χ4n) is 5.08. The standard InChI is InChI=1S/C23H35N3O5S/c27-21(11-9-19-7-3-1-4-8-19)24-15-17-25(18-16-24)23(28)20-10-12-22(31-20)32(29,30)26-13-5-2-6-14-26/h10,12,19H,1-9,11,13-18H2. The molecule has 1 aromatic heterocycles. The molecule has 2 amide bonds. The lowest BCUT2D eigenvalue weighted by Crippen LogP contribution is -2.50. The van der Waals surface area contributed by atoms with Gasteiger partial charge in [0.05, 0.1) is 0 Å². The number of sulfonamides is 1. The zero-order valence-electron chi connectivity index (χ0n) is 18.8. The van der Waals surface area contributed by atoms with Crippen molar-refractivity contribution in [3.63, 3.8) is 0 Å². The van der Waals surface area contributed by atoms with E-state index in [1.54, 1.807) is 4.90 Å². The number of amides is 2. The van der Waals surface area contributed by atoms with Gasteiger partial charge in [0.1, 0.15) is 0 Å². The summed E-state index contributed by atoms with van der Waals surface area (Å²) in [5, 5.41) is -0.167. The van der Waals surface area contributed by atoms with E-state index in [1.165, 1.54) is 48.5 Å². The Morgan fingerprint density at radius 3 is 2.16 bits per heavy atom. The summed E-state index contributed by atoms with van der Waals surface area (Å²) in [6.45, 7) is 2.86. The Bertz CT molecular complexity index is 892. The topological polar surface area (TPSA) is 91.1 Å². The van der Waals surface area contributed by atoms with E-state index in [0.29, 0.717) is 51.6 Å². The van der Waals surface area contributed by atoms with Crippen molar-refractivity contribution in [1.29, 1.82) is 0 Å². The van der Waals surface area contributed by atoms with Crippen LogP contribution in [0.5, 0.6) is 0 Å². The average Bonchev–Trinajstić information content (AvgIpc) is 3.35. The molecule has 4 rings (SSSR count). The molecule has 1 aromatic rings. The Balaban J connectivity index is 1.27. The van der Waals surface area contributed by atoms with E-state index in [0.717, 1.165) is 25.7 Å². The van der Waals surface area contributed by atoms with E-state index in [-0.39, 0.29) is 22.7 Å². The Labute approximate surface area is 191 Å². The Hall–Kier alpha value is -1.87. The predicted octanol–water partition coefficient (Wildman–Crippen LogP) is 3.10. The molecule has 0 spiro atoms. The average molecular weight is 466 g/mol. The molecule has 178 valence electrons. The molecule has 3 aliphatic rings. The highest BCUT2D eigenvalue weighted by molar-refractivity contribution is 7.89. The monoisotopic (exact) mass is 465 g/mol. The zero-order valence-corrected chi connectivity index (χ0v) is 19.7. The molecule has 0 bridgehead atoms. The molecule has 8 nitrogen and oxygen atoms in total. The summed E-state index contributed by atoms with van der Waals surface area (Å²) < 4.78 is 32.4. The maximum absolute atomic E-state index is 12.8. The molecule has 1 saturated carbocycles. The summed E-state index contributed by atoms with van der Waals surface area (Å²) >= 11 is 0. The summed E-state index contributed by atoms with van der Waals surface area (Å²) in [5.74, 6) is 0.581. The number of carbonyl (C=O) groups is 2. The van der Waals surface area contributed by atoms with Crippen LogP contribution < -0.4 is 0 Å². The van der Waals surface area contributed by atoms with Crippen molar-refractivity contribution in [1.82, 2.24) is 14.1 Å². The summed E-state index contributed by atoms with van der Waals surface area (Å²) in [5.41, 5.74) is 0. The van der Waals surface area contributed by atoms with Crippen molar-refractivity contribution >= 4 is 21.8 Å². The minimum absolute atomic E-state index is 0.0395. The lowest BCUT2D eigenvalue weighted by atomic mass is 9.86. The van der Waals surface area contributed by atoms with Gasteiger partial charge in [0.25, 0.3) is 15.9 Å². The molecule has 0 unspecified atom stereocenters. The highest BCUT2D eigenvalue weighted by atomic mass is 32.2. The van der Waals surface area contributed by atoms with Crippen LogP contribution in [0.2, 0.25) is 0 Å². The molecule has 2 aliphatic heterocycles. The fourth-order valence-corrected chi connectivity index (χ4v) is 6.51. The second-order valence-corrected chi connectivity index (χ2v) is 11.2. The van der Waals surface area contributed by atoms with Crippen molar-refractivity contribution in [2.24, 2.45) is 5.92 Å². The van der Waals surface area contributed by atoms with Crippen LogP contribution >= 0.6 is 0 Å². The van der Waals surface area contributed by atoms with Crippen molar-refractivity contribution in [3.8, 4) is 0 Å². The van der Waals surface area contributed by atoms with Crippen LogP contribution in [-0.2, 0) is 14.8 Å². The van der Waals surface area contributed by atoms with Crippen molar-refractivity contribution in [2.45, 2.75) is 69.3 Å². The lowest BCUT2D eigenvalue weighted by molar-refractivity contribution is -0.133. The van der Waals surface area contributed by atoms with Crippen LogP contribution in [0.15, 0.2) is 21.6 Å². The highest BCUT2D eigenvalue weighted by Gasteiger charge is 2.31. The number of piperazine rings is 1. The molecule has 9 heteroatoms. The van der Waals surface area contributed by atoms with Gasteiger partial charge in [-0.2, -0.15) is 4.31 Å². The van der Waals surface area contributed by atoms with Crippen LogP contribution in [0.3, 0.4) is 0 Å². The van der Waals surface area contributed by atoms with E-state index in [4.69, 9.17) is 4.42 Å². The number of rotatable bonds is 6. The second kappa shape index (κ2) is 10.4. The van der Waals surface area contributed by atoms with Crippen molar-refractivity contribution in [3.05, 3.63) is 17.9 Å². The maximum Gasteiger partial charge on any atom is 0.289 e. The van der Waals surface area contributed by atoms with Gasteiger partial charge >= 0.3 is 0 Å². The van der Waals surface area contributed by atoms with Crippen LogP contribution in [0.4, 0.5) is 0 Å². The Morgan fingerprint density at radius 1 is 0.844 bits per heavy atom. The van der Waals surface area contributed by atoms with Gasteiger partial charge in [0, 0.05) is 45.7 Å². The first kappa shape index (κ1) is 23.3. The predicted molar refractivity (Wildman–Crippen MR) is 120 cm³/mol. The quantitative estimate of drug-likeness (QED) is 0.644. The van der Waals surface area contributed by atoms with Gasteiger partial charge in [-0.15, -0.1) is 0 Å². The first-order chi connectivity index (χ1) is 15.4. The SMILES string of the molecule is O=C(CCC1CCCCC1)N1CCN(C(=O)c2ccc(S(=O)(=O)N3CCCCC3)o2)CC1. The molecule has 0 atom stereocenters. The number of nitrogens with zero attached hydrogens (tertiary/aromatic N) is 3. The van der Waals surface area contributed by atoms with Gasteiger partial charge in [0.15, 0.2) is 5.76 Å². The molecule has 1 aliphatic carbocycles. The first-order valence-electron chi connectivity index (χ1n) is 12.1. The number of furan rings is 1. The first-order valence-corrected chi connectivity index (χ1v) is 13.6. The van der Waals surface area contributed by atoms with Crippen molar-refractivity contribution < 1.29 is 22.4 Å². The van der Waals surface area contributed by atoms with Gasteiger partial charge in [-0.1, -0.05) is 38.5 Å². The lowest BCUT2D eigenvalue weighted by Gasteiger charge is -2.34. The minimum Gasteiger partial charge on any atom is -0.438 e. The van der Waals surface area contributed by atoms with Gasteiger partial charge in [0.2, 0.25) is 11.0 Å². The number of carbonyl (C=O) groups excluding carboxylic acids is 2. The highest BCUT2D eigenvalue weighted by Crippen LogP contribution is 2.28. The molecule has 3 fully saturated rings. The van der Waals surface area contributed by atoms with E-state index >= 15 is 0 Å². The van der Waals surface area contributed by atoms with E-state index in [1.807, 2.05) is 4.90 Å². The molecular weight excluding hydrogens is 430 g/mol. The Kier molecular flexibility index (Phi) is 7.55. The largest absolute Gasteiger partial charge is 0.438 e. The molecule has 0 aromatic carbocycles. The fraction of sp³-hybridized carbons (Fsp3) is 0.739. The van der Waals surface area contributed by atoms with E-state index in [9.17, 15) is 18.0 Å². The van der Waals surface area contributed by atoms with Crippen LogP contribution in [0.25, 0.3) is 0 Å². The number of hydrogen-bond acceptors (Lipinski definition) is 5. The third kappa shape index (κ3) is 5.36. The summed E-state index contributed by atoms with van der Waals surface area (Å²) in [7, 11) is -3.70. The number of hydrogen-bond donors (Lipinski definition) is 0. The second-order valence-electron chi connectivity index (χ2n) is 9.30. The molecule has 32 heavy (non-hydrogen) atoms. The van der Waals surface area contributed by atoms with Crippen LogP contribution in [0, 0.1) is 5.92 Å². The van der Waals surface area contributed by atoms with Crippen LogP contribution in [0.1, 0.15) is 74.8 Å². The van der Waals surface area contributed by atoms with Gasteiger partial charge in [-0.25, -0.2) is 8.42 Å². The maximum atomic E-state index is 12.8. The van der Waals surface area contributed by atoms with Gasteiger partial charge < -0.3 is 14.2 Å². The normalized spacial score (nSPS) is 21.6. The molecule has 3 heterocycles. The smallest absolute Gasteiger partial charge is 0.289 e. The van der Waals surface area contributed by atoms with Crippen LogP contribution in [-0.4, -0.2) is 73.6 Å². The molecule has 2 saturated heterocycles. The molecule has 0 N–H and O–H groups in total. The Morgan fingerprint density at radius 2 is 1.47 bits per heavy atom. The summed E-state index contributed by atoms with van der Waals surface area (Å²) in [6, 6.07) is 2.82.